The number of ether oxygens (including phenoxy) is 1. The summed E-state index contributed by atoms with van der Waals surface area (Å²) >= 11 is 12.7. The number of rotatable bonds is 7. The van der Waals surface area contributed by atoms with E-state index in [-0.39, 0.29) is 41.4 Å². The summed E-state index contributed by atoms with van der Waals surface area (Å²) in [5.74, 6) is -0.784. The number of hydrogen-bond donors (Lipinski definition) is 1. The largest absolute Gasteiger partial charge is 0.416 e. The second kappa shape index (κ2) is 10.9. The lowest BCUT2D eigenvalue weighted by molar-refractivity contribution is -0.142. The number of nitrogens with one attached hydrogen (secondary N) is 1. The van der Waals surface area contributed by atoms with Crippen LogP contribution in [0.25, 0.3) is 0 Å². The molecule has 2 amide bonds. The molecular formula is C31H34Cl2FN3O4. The number of carbonyl (C=O) groups excluding carboxylic acids is 3. The van der Waals surface area contributed by atoms with Crippen LogP contribution in [0.15, 0.2) is 42.5 Å². The summed E-state index contributed by atoms with van der Waals surface area (Å²) in [6.45, 7) is 3.79. The van der Waals surface area contributed by atoms with E-state index in [4.69, 9.17) is 27.9 Å². The van der Waals surface area contributed by atoms with Gasteiger partial charge in [-0.1, -0.05) is 36.2 Å². The monoisotopic (exact) mass is 601 g/mol. The zero-order valence-corrected chi connectivity index (χ0v) is 24.5. The van der Waals surface area contributed by atoms with E-state index >= 15 is 0 Å². The number of benzene rings is 2. The maximum atomic E-state index is 14.8. The van der Waals surface area contributed by atoms with Crippen LogP contribution in [0.2, 0.25) is 10.0 Å². The number of ketones is 1. The highest BCUT2D eigenvalue weighted by atomic mass is 35.5. The van der Waals surface area contributed by atoms with Crippen molar-refractivity contribution < 1.29 is 23.5 Å². The van der Waals surface area contributed by atoms with Gasteiger partial charge in [-0.3, -0.25) is 14.5 Å². The van der Waals surface area contributed by atoms with Gasteiger partial charge in [0.25, 0.3) is 0 Å². The normalized spacial score (nSPS) is 25.6. The van der Waals surface area contributed by atoms with Gasteiger partial charge in [-0.15, -0.1) is 0 Å². The molecule has 0 radical (unpaired) electrons. The highest BCUT2D eigenvalue weighted by molar-refractivity contribution is 6.42. The van der Waals surface area contributed by atoms with Crippen molar-refractivity contribution in [2.75, 3.05) is 26.2 Å². The van der Waals surface area contributed by atoms with E-state index in [0.717, 1.165) is 31.2 Å². The van der Waals surface area contributed by atoms with Crippen LogP contribution in [0.5, 0.6) is 5.75 Å². The Hall–Kier alpha value is -2.68. The van der Waals surface area contributed by atoms with Gasteiger partial charge in [0.15, 0.2) is 5.78 Å². The van der Waals surface area contributed by atoms with Crippen molar-refractivity contribution in [3.05, 3.63) is 63.9 Å². The van der Waals surface area contributed by atoms with Crippen molar-refractivity contribution in [2.45, 2.75) is 62.9 Å². The van der Waals surface area contributed by atoms with Crippen molar-refractivity contribution in [2.24, 2.45) is 11.3 Å². The molecule has 0 bridgehead atoms. The Labute approximate surface area is 249 Å². The molecule has 4 fully saturated rings. The third-order valence-corrected chi connectivity index (χ3v) is 10.1. The van der Waals surface area contributed by atoms with Crippen molar-refractivity contribution in [1.29, 1.82) is 0 Å². The van der Waals surface area contributed by atoms with Gasteiger partial charge >= 0.3 is 6.09 Å². The average molecular weight is 603 g/mol. The Morgan fingerprint density at radius 3 is 2.29 bits per heavy atom. The Morgan fingerprint density at radius 1 is 1.00 bits per heavy atom. The SMILES string of the molecule is CC1(C(=O)N2CCC(C(=O)[C@@]3(N(C(=O)Oc4ccc(F)cc4)C4CC4)CNC[C@H]3c3ccc(Cl)c(Cl)c3)CC2)CC1. The molecule has 6 rings (SSSR count). The van der Waals surface area contributed by atoms with Crippen LogP contribution in [0.1, 0.15) is 56.9 Å². The predicted molar refractivity (Wildman–Crippen MR) is 154 cm³/mol. The van der Waals surface area contributed by atoms with Crippen LogP contribution < -0.4 is 10.1 Å². The summed E-state index contributed by atoms with van der Waals surface area (Å²) in [4.78, 5) is 45.3. The van der Waals surface area contributed by atoms with Gasteiger partial charge in [-0.25, -0.2) is 9.18 Å². The average Bonchev–Trinajstić information content (AvgIpc) is 3.90. The first-order chi connectivity index (χ1) is 19.6. The standard InChI is InChI=1S/C31H34Cl2FN3O4/c1-30(12-13-30)28(39)36-14-10-19(11-15-36)27(38)31(18-35-17-24(31)20-2-9-25(32)26(33)16-20)37(22-5-6-22)29(40)41-23-7-3-21(34)4-8-23/h2-4,7-9,16,19,22,24,35H,5-6,10-15,17-18H2,1H3/t24-,31+/m0/s1. The second-order valence-electron chi connectivity index (χ2n) is 12.2. The Morgan fingerprint density at radius 2 is 1.68 bits per heavy atom. The molecular weight excluding hydrogens is 568 g/mol. The van der Waals surface area contributed by atoms with E-state index in [2.05, 4.69) is 5.32 Å². The number of hydrogen-bond acceptors (Lipinski definition) is 5. The van der Waals surface area contributed by atoms with E-state index in [1.54, 1.807) is 17.0 Å². The van der Waals surface area contributed by atoms with Crippen molar-refractivity contribution in [1.82, 2.24) is 15.1 Å². The first-order valence-electron chi connectivity index (χ1n) is 14.4. The van der Waals surface area contributed by atoms with Crippen LogP contribution in [0.3, 0.4) is 0 Å². The van der Waals surface area contributed by atoms with Gasteiger partial charge in [0, 0.05) is 49.5 Å². The molecule has 2 aliphatic heterocycles. The number of likely N-dealkylation sites (tertiary alicyclic amines) is 1. The smallest absolute Gasteiger partial charge is 0.410 e. The van der Waals surface area contributed by atoms with E-state index in [0.29, 0.717) is 42.5 Å². The van der Waals surface area contributed by atoms with Gasteiger partial charge in [0.05, 0.1) is 10.0 Å². The molecule has 10 heteroatoms. The molecule has 2 atom stereocenters. The molecule has 41 heavy (non-hydrogen) atoms. The zero-order chi connectivity index (χ0) is 28.9. The lowest BCUT2D eigenvalue weighted by Crippen LogP contribution is -2.64. The molecule has 2 aromatic rings. The van der Waals surface area contributed by atoms with E-state index in [1.807, 2.05) is 17.9 Å². The van der Waals surface area contributed by atoms with Gasteiger partial charge in [-0.2, -0.15) is 0 Å². The minimum Gasteiger partial charge on any atom is -0.410 e. The van der Waals surface area contributed by atoms with Crippen LogP contribution in [-0.2, 0) is 9.59 Å². The van der Waals surface area contributed by atoms with Gasteiger partial charge in [0.2, 0.25) is 5.91 Å². The van der Waals surface area contributed by atoms with Gasteiger partial charge in [-0.05, 0) is 80.5 Å². The summed E-state index contributed by atoms with van der Waals surface area (Å²) in [6, 6.07) is 10.5. The van der Waals surface area contributed by atoms with Crippen LogP contribution in [0.4, 0.5) is 9.18 Å². The molecule has 7 nitrogen and oxygen atoms in total. The number of Topliss-reactive ketones (excluding diaryl/α,β-unsaturated/α-hetero) is 1. The fourth-order valence-corrected chi connectivity index (χ4v) is 6.86. The second-order valence-corrected chi connectivity index (χ2v) is 13.0. The topological polar surface area (TPSA) is 79.0 Å². The maximum absolute atomic E-state index is 14.8. The molecule has 2 aromatic carbocycles. The minimum absolute atomic E-state index is 0.0220. The summed E-state index contributed by atoms with van der Waals surface area (Å²) in [5.41, 5.74) is -0.666. The highest BCUT2D eigenvalue weighted by Crippen LogP contribution is 2.49. The fraction of sp³-hybridized carbons (Fsp3) is 0.516. The van der Waals surface area contributed by atoms with Crippen molar-refractivity contribution in [3.63, 3.8) is 0 Å². The van der Waals surface area contributed by atoms with E-state index in [1.165, 1.54) is 24.3 Å². The minimum atomic E-state index is -1.23. The third kappa shape index (κ3) is 5.35. The highest BCUT2D eigenvalue weighted by Gasteiger charge is 2.61. The molecule has 2 saturated heterocycles. The quantitative estimate of drug-likeness (QED) is 0.432. The number of carbonyl (C=O) groups is 3. The lowest BCUT2D eigenvalue weighted by atomic mass is 9.71. The number of halogens is 3. The van der Waals surface area contributed by atoms with Crippen LogP contribution in [0, 0.1) is 17.2 Å². The zero-order valence-electron chi connectivity index (χ0n) is 23.0. The molecule has 2 aliphatic carbocycles. The maximum Gasteiger partial charge on any atom is 0.416 e. The van der Waals surface area contributed by atoms with Crippen molar-refractivity contribution >= 4 is 41.0 Å². The molecule has 2 heterocycles. The van der Waals surface area contributed by atoms with Crippen LogP contribution in [-0.4, -0.2) is 65.3 Å². The molecule has 2 saturated carbocycles. The fourth-order valence-electron chi connectivity index (χ4n) is 6.56. The predicted octanol–water partition coefficient (Wildman–Crippen LogP) is 5.83. The number of nitrogens with zero attached hydrogens (tertiary/aromatic N) is 2. The van der Waals surface area contributed by atoms with E-state index in [9.17, 15) is 18.8 Å². The van der Waals surface area contributed by atoms with Crippen molar-refractivity contribution in [3.8, 4) is 5.75 Å². The Kier molecular flexibility index (Phi) is 7.54. The Balaban J connectivity index is 1.34. The summed E-state index contributed by atoms with van der Waals surface area (Å²) < 4.78 is 19.3. The first-order valence-corrected chi connectivity index (χ1v) is 15.1. The molecule has 0 spiro atoms. The van der Waals surface area contributed by atoms with E-state index < -0.39 is 23.4 Å². The summed E-state index contributed by atoms with van der Waals surface area (Å²) in [5, 5.41) is 4.19. The number of piperidine rings is 1. The van der Waals surface area contributed by atoms with Gasteiger partial charge < -0.3 is 15.0 Å². The molecule has 1 N–H and O–H groups in total. The molecule has 218 valence electrons. The lowest BCUT2D eigenvalue weighted by Gasteiger charge is -2.46. The first kappa shape index (κ1) is 28.4. The Bertz CT molecular complexity index is 1360. The van der Waals surface area contributed by atoms with Gasteiger partial charge in [0.1, 0.15) is 17.1 Å². The molecule has 0 aromatic heterocycles. The summed E-state index contributed by atoms with van der Waals surface area (Å²) in [7, 11) is 0. The number of amides is 2. The summed E-state index contributed by atoms with van der Waals surface area (Å²) in [6.07, 6.45) is 3.80. The van der Waals surface area contributed by atoms with Crippen LogP contribution >= 0.6 is 23.2 Å². The third-order valence-electron chi connectivity index (χ3n) is 9.32. The molecule has 4 aliphatic rings. The molecule has 0 unspecified atom stereocenters.